The Kier molecular flexibility index (Phi) is 7.88. The van der Waals surface area contributed by atoms with Crippen LogP contribution in [0.25, 0.3) is 0 Å². The van der Waals surface area contributed by atoms with Gasteiger partial charge in [-0.25, -0.2) is 0 Å². The third-order valence-corrected chi connectivity index (χ3v) is 25.8. The molecule has 0 unspecified atom stereocenters. The number of hydrogen-bond acceptors (Lipinski definition) is 0. The Morgan fingerprint density at radius 2 is 1.16 bits per heavy atom. The summed E-state index contributed by atoms with van der Waals surface area (Å²) in [5.74, 6) is 0. The second-order valence-electron chi connectivity index (χ2n) is 8.10. The summed E-state index contributed by atoms with van der Waals surface area (Å²) in [4.78, 5) is 0. The smallest absolute Gasteiger partial charge is 1.00 e. The molecule has 0 aromatic heterocycles. The average Bonchev–Trinajstić information content (AvgIpc) is 3.10. The molecule has 0 saturated carbocycles. The number of allylic oxidation sites excluding steroid dienone is 8. The first kappa shape index (κ1) is 22.1. The number of hydrogen-bond donors (Lipinski definition) is 0. The normalized spacial score (nSPS) is 25.0. The van der Waals surface area contributed by atoms with E-state index in [-0.39, 0.29) is 24.8 Å². The minimum absolute atomic E-state index is 0. The molecule has 4 aliphatic rings. The van der Waals surface area contributed by atoms with Gasteiger partial charge in [0.05, 0.1) is 0 Å². The summed E-state index contributed by atoms with van der Waals surface area (Å²) >= 11 is -0.750. The van der Waals surface area contributed by atoms with Gasteiger partial charge in [-0.15, -0.1) is 0 Å². The molecule has 2 fully saturated rings. The molecule has 0 amide bonds. The third kappa shape index (κ3) is 3.74. The van der Waals surface area contributed by atoms with Crippen LogP contribution < -0.4 is 24.8 Å². The summed E-state index contributed by atoms with van der Waals surface area (Å²) in [6, 6.07) is 9.44. The second-order valence-corrected chi connectivity index (χ2v) is 22.9. The average molecular weight is 576 g/mol. The molecular formula is C20H30Cl2HfSi2. The molecule has 0 bridgehead atoms. The van der Waals surface area contributed by atoms with Crippen LogP contribution in [0.2, 0.25) is 36.3 Å². The van der Waals surface area contributed by atoms with Crippen molar-refractivity contribution < 1.29 is 47.7 Å². The molecule has 2 heterocycles. The molecule has 25 heavy (non-hydrogen) atoms. The number of rotatable bonds is 6. The summed E-state index contributed by atoms with van der Waals surface area (Å²) < 4.78 is 4.07. The van der Waals surface area contributed by atoms with Gasteiger partial charge in [-0.3, -0.25) is 0 Å². The van der Waals surface area contributed by atoms with Crippen LogP contribution in [0.4, 0.5) is 0 Å². The first-order chi connectivity index (χ1) is 11.2. The van der Waals surface area contributed by atoms with Gasteiger partial charge < -0.3 is 24.8 Å². The van der Waals surface area contributed by atoms with Gasteiger partial charge in [0, 0.05) is 0 Å². The molecule has 5 heteroatoms. The Hall–Kier alpha value is 0.844. The van der Waals surface area contributed by atoms with E-state index >= 15 is 0 Å². The van der Waals surface area contributed by atoms with Crippen molar-refractivity contribution >= 4 is 16.1 Å². The van der Waals surface area contributed by atoms with Crippen molar-refractivity contribution in [2.24, 2.45) is 0 Å². The predicted octanol–water partition coefficient (Wildman–Crippen LogP) is 0.328. The first-order valence-corrected chi connectivity index (χ1v) is 18.6. The fourth-order valence-corrected chi connectivity index (χ4v) is 24.5. The minimum atomic E-state index is -0.979. The van der Waals surface area contributed by atoms with Crippen molar-refractivity contribution in [3.05, 3.63) is 41.4 Å². The van der Waals surface area contributed by atoms with E-state index in [0.717, 1.165) is 0 Å². The summed E-state index contributed by atoms with van der Waals surface area (Å²) in [6.07, 6.45) is 16.0. The fraction of sp³-hybridized carbons (Fsp3) is 0.600. The largest absolute Gasteiger partial charge is 1.00 e. The van der Waals surface area contributed by atoms with Crippen molar-refractivity contribution in [2.75, 3.05) is 0 Å². The van der Waals surface area contributed by atoms with E-state index in [1.54, 1.807) is 24.2 Å². The first-order valence-electron chi connectivity index (χ1n) is 9.80. The third-order valence-electron chi connectivity index (χ3n) is 7.28. The van der Waals surface area contributed by atoms with Gasteiger partial charge in [-0.2, -0.15) is 0 Å². The van der Waals surface area contributed by atoms with Crippen molar-refractivity contribution in [1.82, 2.24) is 0 Å². The summed E-state index contributed by atoms with van der Waals surface area (Å²) in [5, 5.41) is 3.96. The van der Waals surface area contributed by atoms with Gasteiger partial charge in [-0.05, 0) is 0 Å². The van der Waals surface area contributed by atoms with Crippen LogP contribution in [0.5, 0.6) is 0 Å². The van der Waals surface area contributed by atoms with E-state index in [1.165, 1.54) is 37.8 Å². The standard InChI is InChI=1S/2C10H15Si.2ClH.Hf/c2*1-2-11(8-5-9-11)10-6-3-4-7-10;;;/h2*3,6H,2,4-5,8-9H2,1H3;2*1H;/q;;;;+2/p-2. The van der Waals surface area contributed by atoms with Crippen molar-refractivity contribution in [3.8, 4) is 0 Å². The maximum atomic E-state index is 2.61. The van der Waals surface area contributed by atoms with Crippen LogP contribution in [-0.4, -0.2) is 16.1 Å². The quantitative estimate of drug-likeness (QED) is 0.401. The van der Waals surface area contributed by atoms with E-state index in [9.17, 15) is 0 Å². The zero-order valence-electron chi connectivity index (χ0n) is 15.6. The second kappa shape index (κ2) is 8.90. The summed E-state index contributed by atoms with van der Waals surface area (Å²) in [6.45, 7) is 4.98. The van der Waals surface area contributed by atoms with Gasteiger partial charge >= 0.3 is 156 Å². The monoisotopic (exact) mass is 576 g/mol. The van der Waals surface area contributed by atoms with Crippen molar-refractivity contribution in [1.29, 1.82) is 0 Å². The predicted molar refractivity (Wildman–Crippen MR) is 102 cm³/mol. The van der Waals surface area contributed by atoms with Crippen LogP contribution in [0, 0.1) is 0 Å². The molecule has 4 rings (SSSR count). The van der Waals surface area contributed by atoms with Crippen LogP contribution in [0.1, 0.15) is 39.5 Å². The van der Waals surface area contributed by atoms with Gasteiger partial charge in [0.15, 0.2) is 0 Å². The van der Waals surface area contributed by atoms with Gasteiger partial charge in [0.1, 0.15) is 0 Å². The zero-order valence-corrected chi connectivity index (χ0v) is 22.7. The Bertz CT molecular complexity index is 561. The summed E-state index contributed by atoms with van der Waals surface area (Å²) in [5.41, 5.74) is 0. The van der Waals surface area contributed by atoms with E-state index in [1.807, 2.05) is 17.1 Å². The van der Waals surface area contributed by atoms with Crippen LogP contribution in [0.3, 0.4) is 0 Å². The molecule has 0 spiro atoms. The molecule has 2 aliphatic heterocycles. The van der Waals surface area contributed by atoms with Crippen LogP contribution >= 0.6 is 0 Å². The Morgan fingerprint density at radius 3 is 1.44 bits per heavy atom. The molecule has 2 saturated heterocycles. The van der Waals surface area contributed by atoms with Gasteiger partial charge in [-0.1, -0.05) is 0 Å². The van der Waals surface area contributed by atoms with E-state index in [2.05, 4.69) is 38.2 Å². The van der Waals surface area contributed by atoms with Crippen molar-refractivity contribution in [2.45, 2.75) is 75.8 Å². The van der Waals surface area contributed by atoms with E-state index in [0.29, 0.717) is 0 Å². The molecular weight excluding hydrogens is 546 g/mol. The van der Waals surface area contributed by atoms with E-state index < -0.39 is 39.1 Å². The molecule has 0 N–H and O–H groups in total. The zero-order chi connectivity index (χ0) is 15.9. The van der Waals surface area contributed by atoms with E-state index in [4.69, 9.17) is 0 Å². The molecule has 0 radical (unpaired) electrons. The maximum Gasteiger partial charge on any atom is -1.00 e. The van der Waals surface area contributed by atoms with Crippen LogP contribution in [-0.2, 0) is 22.9 Å². The Labute approximate surface area is 179 Å². The molecule has 0 nitrogen and oxygen atoms in total. The summed E-state index contributed by atoms with van der Waals surface area (Å²) in [7, 11) is -1.96. The Morgan fingerprint density at radius 1 is 0.760 bits per heavy atom. The number of halogens is 2. The van der Waals surface area contributed by atoms with Crippen molar-refractivity contribution in [3.63, 3.8) is 0 Å². The van der Waals surface area contributed by atoms with Crippen LogP contribution in [0.15, 0.2) is 41.4 Å². The van der Waals surface area contributed by atoms with Gasteiger partial charge in [0.25, 0.3) is 0 Å². The topological polar surface area (TPSA) is 0 Å². The minimum Gasteiger partial charge on any atom is -1.00 e. The molecule has 0 aromatic rings. The molecule has 0 aromatic carbocycles. The fourth-order valence-electron chi connectivity index (χ4n) is 5.26. The Balaban J connectivity index is 0.00000113. The molecule has 136 valence electrons. The molecule has 2 aliphatic carbocycles. The SMILES string of the molecule is CC[Si]1(C2=[C]([Hf+2][C]3=C([Si]4(CC)CCC4)C=CC3)CC=C2)CCC1.[Cl-].[Cl-]. The maximum absolute atomic E-state index is 2.61. The molecule has 0 atom stereocenters. The van der Waals surface area contributed by atoms with Gasteiger partial charge in [0.2, 0.25) is 0 Å².